The van der Waals surface area contributed by atoms with Crippen LogP contribution >= 0.6 is 23.4 Å². The molecular formula is C16H16ClN3O3S. The minimum atomic E-state index is -0.505. The number of nitriles is 1. The second-order valence-electron chi connectivity index (χ2n) is 4.56. The summed E-state index contributed by atoms with van der Waals surface area (Å²) in [6.07, 6.45) is 1.78. The molecule has 1 N–H and O–H groups in total. The Bertz CT molecular complexity index is 846. The third-order valence-electron chi connectivity index (χ3n) is 3.09. The van der Waals surface area contributed by atoms with Gasteiger partial charge in [0, 0.05) is 11.6 Å². The minimum absolute atomic E-state index is 0.0960. The first-order valence-corrected chi connectivity index (χ1v) is 8.83. The van der Waals surface area contributed by atoms with E-state index in [9.17, 15) is 10.1 Å². The molecule has 0 saturated carbocycles. The average molecular weight is 366 g/mol. The lowest BCUT2D eigenvalue weighted by molar-refractivity contribution is 0.288. The molecule has 1 heterocycles. The Kier molecular flexibility index (Phi) is 6.12. The van der Waals surface area contributed by atoms with Gasteiger partial charge in [-0.1, -0.05) is 23.4 Å². The Labute approximate surface area is 148 Å². The van der Waals surface area contributed by atoms with E-state index in [1.54, 1.807) is 18.4 Å². The molecule has 6 nitrogen and oxygen atoms in total. The van der Waals surface area contributed by atoms with Gasteiger partial charge in [0.15, 0.2) is 16.7 Å². The first-order chi connectivity index (χ1) is 11.5. The zero-order valence-corrected chi connectivity index (χ0v) is 15.0. The first kappa shape index (κ1) is 18.2. The molecule has 2 aromatic rings. The average Bonchev–Trinajstić information content (AvgIpc) is 2.56. The minimum Gasteiger partial charge on any atom is -0.490 e. The zero-order valence-electron chi connectivity index (χ0n) is 13.5. The van der Waals surface area contributed by atoms with Gasteiger partial charge in [0.25, 0.3) is 5.56 Å². The maximum absolute atomic E-state index is 12.1. The van der Waals surface area contributed by atoms with E-state index in [0.29, 0.717) is 40.5 Å². The van der Waals surface area contributed by atoms with E-state index in [-0.39, 0.29) is 11.3 Å². The highest BCUT2D eigenvalue weighted by Gasteiger charge is 2.19. The van der Waals surface area contributed by atoms with Crippen LogP contribution in [0.2, 0.25) is 5.02 Å². The van der Waals surface area contributed by atoms with Crippen LogP contribution in [0.5, 0.6) is 11.5 Å². The van der Waals surface area contributed by atoms with E-state index in [2.05, 4.69) is 9.97 Å². The van der Waals surface area contributed by atoms with E-state index in [1.807, 2.05) is 19.9 Å². The molecule has 0 bridgehead atoms. The first-order valence-electron chi connectivity index (χ1n) is 7.23. The van der Waals surface area contributed by atoms with Gasteiger partial charge in [0.05, 0.1) is 23.9 Å². The SMILES string of the molecule is CCOc1cc(Cl)c(-c2nc(SC)[nH]c(=O)c2C#N)cc1OCC. The largest absolute Gasteiger partial charge is 0.490 e. The summed E-state index contributed by atoms with van der Waals surface area (Å²) in [6, 6.07) is 5.13. The summed E-state index contributed by atoms with van der Waals surface area (Å²) < 4.78 is 11.1. The topological polar surface area (TPSA) is 88.0 Å². The Balaban J connectivity index is 2.73. The number of benzene rings is 1. The molecule has 2 rings (SSSR count). The monoisotopic (exact) mass is 365 g/mol. The summed E-state index contributed by atoms with van der Waals surface area (Å²) >= 11 is 7.61. The van der Waals surface area contributed by atoms with Crippen molar-refractivity contribution >= 4 is 23.4 Å². The van der Waals surface area contributed by atoms with E-state index in [1.165, 1.54) is 11.8 Å². The second-order valence-corrected chi connectivity index (χ2v) is 5.76. The smallest absolute Gasteiger partial charge is 0.270 e. The number of aromatic nitrogens is 2. The molecule has 8 heteroatoms. The Morgan fingerprint density at radius 3 is 2.46 bits per heavy atom. The predicted molar refractivity (Wildman–Crippen MR) is 94.1 cm³/mol. The predicted octanol–water partition coefficient (Wildman–Crippen LogP) is 3.48. The van der Waals surface area contributed by atoms with Crippen molar-refractivity contribution in [3.8, 4) is 28.8 Å². The number of aromatic amines is 1. The van der Waals surface area contributed by atoms with Gasteiger partial charge in [-0.25, -0.2) is 4.98 Å². The van der Waals surface area contributed by atoms with Crippen LogP contribution in [0.1, 0.15) is 19.4 Å². The molecule has 0 fully saturated rings. The molecule has 0 aliphatic rings. The number of hydrogen-bond acceptors (Lipinski definition) is 6. The van der Waals surface area contributed by atoms with Crippen LogP contribution in [0.25, 0.3) is 11.3 Å². The van der Waals surface area contributed by atoms with Crippen LogP contribution in [0, 0.1) is 11.3 Å². The number of nitrogens with zero attached hydrogens (tertiary/aromatic N) is 2. The van der Waals surface area contributed by atoms with Gasteiger partial charge in [-0.15, -0.1) is 0 Å². The van der Waals surface area contributed by atoms with Crippen molar-refractivity contribution in [2.75, 3.05) is 19.5 Å². The normalized spacial score (nSPS) is 10.3. The lowest BCUT2D eigenvalue weighted by atomic mass is 10.1. The fourth-order valence-corrected chi connectivity index (χ4v) is 2.72. The molecule has 126 valence electrons. The van der Waals surface area contributed by atoms with E-state index in [4.69, 9.17) is 21.1 Å². The zero-order chi connectivity index (χ0) is 17.7. The molecule has 0 amide bonds. The highest BCUT2D eigenvalue weighted by atomic mass is 35.5. The lowest BCUT2D eigenvalue weighted by Gasteiger charge is -2.14. The summed E-state index contributed by atoms with van der Waals surface area (Å²) in [5.41, 5.74) is 0.0668. The van der Waals surface area contributed by atoms with E-state index in [0.717, 1.165) is 0 Å². The van der Waals surface area contributed by atoms with Crippen molar-refractivity contribution in [2.45, 2.75) is 19.0 Å². The fourth-order valence-electron chi connectivity index (χ4n) is 2.10. The highest BCUT2D eigenvalue weighted by Crippen LogP contribution is 2.38. The number of nitrogens with one attached hydrogen (secondary N) is 1. The fraction of sp³-hybridized carbons (Fsp3) is 0.312. The van der Waals surface area contributed by atoms with Crippen LogP contribution in [0.3, 0.4) is 0 Å². The van der Waals surface area contributed by atoms with Gasteiger partial charge in [0.1, 0.15) is 11.6 Å². The molecule has 0 radical (unpaired) electrons. The number of H-pyrrole nitrogens is 1. The number of rotatable bonds is 6. The van der Waals surface area contributed by atoms with Crippen LogP contribution in [0.15, 0.2) is 22.1 Å². The van der Waals surface area contributed by atoms with Gasteiger partial charge >= 0.3 is 0 Å². The summed E-state index contributed by atoms with van der Waals surface area (Å²) in [5.74, 6) is 0.983. The van der Waals surface area contributed by atoms with Crippen LogP contribution in [-0.2, 0) is 0 Å². The van der Waals surface area contributed by atoms with Gasteiger partial charge in [-0.2, -0.15) is 5.26 Å². The molecule has 1 aromatic carbocycles. The maximum Gasteiger partial charge on any atom is 0.270 e. The highest BCUT2D eigenvalue weighted by molar-refractivity contribution is 7.98. The number of thioether (sulfide) groups is 1. The summed E-state index contributed by atoms with van der Waals surface area (Å²) in [4.78, 5) is 19.0. The standard InChI is InChI=1S/C16H16ClN3O3S/c1-4-22-12-6-9(11(17)7-13(12)23-5-2)14-10(8-18)15(21)20-16(19-14)24-3/h6-7H,4-5H2,1-3H3,(H,19,20,21). The van der Waals surface area contributed by atoms with Crippen molar-refractivity contribution in [3.05, 3.63) is 33.1 Å². The van der Waals surface area contributed by atoms with Crippen LogP contribution < -0.4 is 15.0 Å². The van der Waals surface area contributed by atoms with E-state index >= 15 is 0 Å². The number of ether oxygens (including phenoxy) is 2. The second kappa shape index (κ2) is 8.08. The van der Waals surface area contributed by atoms with Crippen molar-refractivity contribution in [2.24, 2.45) is 0 Å². The maximum atomic E-state index is 12.1. The third-order valence-corrected chi connectivity index (χ3v) is 3.98. The summed E-state index contributed by atoms with van der Waals surface area (Å²) in [6.45, 7) is 4.60. The summed E-state index contributed by atoms with van der Waals surface area (Å²) in [5, 5.41) is 10.0. The molecule has 0 atom stereocenters. The molecule has 24 heavy (non-hydrogen) atoms. The third kappa shape index (κ3) is 3.66. The summed E-state index contributed by atoms with van der Waals surface area (Å²) in [7, 11) is 0. The molecule has 1 aromatic heterocycles. The quantitative estimate of drug-likeness (QED) is 0.622. The molecule has 0 unspecified atom stereocenters. The van der Waals surface area contributed by atoms with E-state index < -0.39 is 5.56 Å². The molecule has 0 saturated heterocycles. The van der Waals surface area contributed by atoms with Gasteiger partial charge in [-0.05, 0) is 26.2 Å². The van der Waals surface area contributed by atoms with Gasteiger partial charge < -0.3 is 14.5 Å². The molecular weight excluding hydrogens is 350 g/mol. The van der Waals surface area contributed by atoms with Crippen molar-refractivity contribution in [1.82, 2.24) is 9.97 Å². The van der Waals surface area contributed by atoms with Crippen LogP contribution in [-0.4, -0.2) is 29.4 Å². The Morgan fingerprint density at radius 1 is 1.29 bits per heavy atom. The van der Waals surface area contributed by atoms with Gasteiger partial charge in [-0.3, -0.25) is 4.79 Å². The molecule has 0 spiro atoms. The Morgan fingerprint density at radius 2 is 1.92 bits per heavy atom. The number of hydrogen-bond donors (Lipinski definition) is 1. The van der Waals surface area contributed by atoms with Crippen molar-refractivity contribution in [1.29, 1.82) is 5.26 Å². The van der Waals surface area contributed by atoms with Crippen LogP contribution in [0.4, 0.5) is 0 Å². The molecule has 0 aliphatic carbocycles. The van der Waals surface area contributed by atoms with Crippen molar-refractivity contribution < 1.29 is 9.47 Å². The number of halogens is 1. The molecule has 0 aliphatic heterocycles. The Hall–Kier alpha value is -2.17. The van der Waals surface area contributed by atoms with Crippen molar-refractivity contribution in [3.63, 3.8) is 0 Å². The van der Waals surface area contributed by atoms with Gasteiger partial charge in [0.2, 0.25) is 0 Å². The lowest BCUT2D eigenvalue weighted by Crippen LogP contribution is -2.14.